The minimum Gasteiger partial charge on any atom is -0.493 e. The lowest BCUT2D eigenvalue weighted by molar-refractivity contribution is 0.0925. The van der Waals surface area contributed by atoms with Gasteiger partial charge in [0.15, 0.2) is 0 Å². The van der Waals surface area contributed by atoms with Crippen molar-refractivity contribution in [1.82, 2.24) is 10.3 Å². The quantitative estimate of drug-likeness (QED) is 0.678. The maximum Gasteiger partial charge on any atom is 0.255 e. The van der Waals surface area contributed by atoms with Gasteiger partial charge in [-0.05, 0) is 19.1 Å². The maximum atomic E-state index is 13.1. The Hall–Kier alpha value is -3.32. The fourth-order valence-corrected chi connectivity index (χ4v) is 4.45. The van der Waals surface area contributed by atoms with E-state index in [2.05, 4.69) is 28.2 Å². The van der Waals surface area contributed by atoms with Crippen LogP contribution in [0.3, 0.4) is 0 Å². The Morgan fingerprint density at radius 2 is 2.06 bits per heavy atom. The van der Waals surface area contributed by atoms with Gasteiger partial charge in [0, 0.05) is 36.2 Å². The smallest absolute Gasteiger partial charge is 0.255 e. The molecule has 0 radical (unpaired) electrons. The molecule has 160 valence electrons. The monoisotopic (exact) mass is 418 g/mol. The highest BCUT2D eigenvalue weighted by Gasteiger charge is 2.26. The third-order valence-corrected chi connectivity index (χ3v) is 6.10. The van der Waals surface area contributed by atoms with Crippen LogP contribution in [0.4, 0.5) is 11.4 Å². The Labute approximate surface area is 181 Å². The molecule has 0 unspecified atom stereocenters. The third kappa shape index (κ3) is 3.55. The summed E-state index contributed by atoms with van der Waals surface area (Å²) in [6, 6.07) is 13.9. The van der Waals surface area contributed by atoms with E-state index in [4.69, 9.17) is 15.2 Å². The van der Waals surface area contributed by atoms with Crippen molar-refractivity contribution in [3.8, 4) is 5.75 Å². The van der Waals surface area contributed by atoms with Gasteiger partial charge in [0.2, 0.25) is 0 Å². The number of rotatable bonds is 3. The van der Waals surface area contributed by atoms with Crippen molar-refractivity contribution in [2.24, 2.45) is 0 Å². The van der Waals surface area contributed by atoms with E-state index < -0.39 is 0 Å². The number of morpholine rings is 1. The fraction of sp³-hybridized carbons (Fsp3) is 0.333. The number of pyridine rings is 1. The van der Waals surface area contributed by atoms with Gasteiger partial charge < -0.3 is 25.4 Å². The number of nitrogens with zero attached hydrogens (tertiary/aromatic N) is 2. The van der Waals surface area contributed by atoms with Crippen LogP contribution in [0, 0.1) is 0 Å². The summed E-state index contributed by atoms with van der Waals surface area (Å²) in [4.78, 5) is 20.1. The van der Waals surface area contributed by atoms with E-state index in [1.807, 2.05) is 36.4 Å². The first-order valence-electron chi connectivity index (χ1n) is 10.7. The normalized spacial score (nSPS) is 20.7. The van der Waals surface area contributed by atoms with Gasteiger partial charge in [-0.15, -0.1) is 0 Å². The van der Waals surface area contributed by atoms with Gasteiger partial charge in [-0.25, -0.2) is 0 Å². The largest absolute Gasteiger partial charge is 0.493 e. The zero-order valence-corrected chi connectivity index (χ0v) is 17.5. The summed E-state index contributed by atoms with van der Waals surface area (Å²) in [7, 11) is 0. The van der Waals surface area contributed by atoms with Crippen molar-refractivity contribution in [2.75, 3.05) is 37.0 Å². The molecule has 1 aromatic heterocycles. The number of carbonyl (C=O) groups is 1. The standard InChI is InChI=1S/C24H26N4O3/c1-15-14-30-12-10-28(15)20-7-4-6-17-22(25)18(13-26-23(17)20)24(29)27-19-9-11-31-21-8-3-2-5-16(19)21/h2-8,13,15,19H,9-12,14H2,1H3,(H2,25,26)(H,27,29)/t15-,19-/m0/s1. The maximum absolute atomic E-state index is 13.1. The molecule has 31 heavy (non-hydrogen) atoms. The predicted octanol–water partition coefficient (Wildman–Crippen LogP) is 3.30. The first kappa shape index (κ1) is 19.6. The zero-order valence-electron chi connectivity index (χ0n) is 17.5. The van der Waals surface area contributed by atoms with Crippen molar-refractivity contribution in [2.45, 2.75) is 25.4 Å². The number of nitrogens with two attached hydrogens (primary N) is 1. The van der Waals surface area contributed by atoms with Gasteiger partial charge in [0.05, 0.1) is 48.3 Å². The van der Waals surface area contributed by atoms with Gasteiger partial charge >= 0.3 is 0 Å². The van der Waals surface area contributed by atoms with E-state index in [1.54, 1.807) is 6.20 Å². The summed E-state index contributed by atoms with van der Waals surface area (Å²) in [6.07, 6.45) is 2.30. The summed E-state index contributed by atoms with van der Waals surface area (Å²) in [5.41, 5.74) is 10.1. The van der Waals surface area contributed by atoms with Crippen molar-refractivity contribution in [3.63, 3.8) is 0 Å². The van der Waals surface area contributed by atoms with Crippen LogP contribution in [-0.4, -0.2) is 43.3 Å². The highest BCUT2D eigenvalue weighted by atomic mass is 16.5. The van der Waals surface area contributed by atoms with E-state index in [0.717, 1.165) is 34.4 Å². The molecule has 2 aromatic carbocycles. The van der Waals surface area contributed by atoms with Crippen molar-refractivity contribution < 1.29 is 14.3 Å². The van der Waals surface area contributed by atoms with E-state index >= 15 is 0 Å². The molecule has 2 aliphatic heterocycles. The van der Waals surface area contributed by atoms with Crippen molar-refractivity contribution >= 4 is 28.2 Å². The summed E-state index contributed by atoms with van der Waals surface area (Å²) in [5, 5.41) is 3.90. The highest BCUT2D eigenvalue weighted by Crippen LogP contribution is 2.34. The molecule has 3 N–H and O–H groups in total. The Balaban J connectivity index is 1.46. The molecule has 2 atom stereocenters. The van der Waals surface area contributed by atoms with Gasteiger partial charge in [-0.2, -0.15) is 0 Å². The Kier molecular flexibility index (Phi) is 5.11. The number of nitrogen functional groups attached to an aromatic ring is 1. The van der Waals surface area contributed by atoms with E-state index in [-0.39, 0.29) is 18.0 Å². The highest BCUT2D eigenvalue weighted by molar-refractivity contribution is 6.08. The van der Waals surface area contributed by atoms with Crippen LogP contribution < -0.4 is 20.7 Å². The van der Waals surface area contributed by atoms with Crippen molar-refractivity contribution in [1.29, 1.82) is 0 Å². The number of aromatic nitrogens is 1. The molecule has 5 rings (SSSR count). The molecule has 0 bridgehead atoms. The number of anilines is 2. The van der Waals surface area contributed by atoms with E-state index in [0.29, 0.717) is 37.5 Å². The summed E-state index contributed by atoms with van der Waals surface area (Å²) in [6.45, 7) is 4.86. The second kappa shape index (κ2) is 8.07. The number of benzene rings is 2. The Morgan fingerprint density at radius 3 is 2.94 bits per heavy atom. The molecular weight excluding hydrogens is 392 g/mol. The summed E-state index contributed by atoms with van der Waals surface area (Å²) >= 11 is 0. The van der Waals surface area contributed by atoms with Crippen molar-refractivity contribution in [3.05, 3.63) is 59.8 Å². The minimum absolute atomic E-state index is 0.118. The van der Waals surface area contributed by atoms with Gasteiger partial charge in [0.25, 0.3) is 5.91 Å². The Morgan fingerprint density at radius 1 is 1.19 bits per heavy atom. The first-order chi connectivity index (χ1) is 15.1. The zero-order chi connectivity index (χ0) is 21.4. The van der Waals surface area contributed by atoms with Gasteiger partial charge in [-0.3, -0.25) is 9.78 Å². The fourth-order valence-electron chi connectivity index (χ4n) is 4.45. The SMILES string of the molecule is C[C@H]1COCCN1c1cccc2c(N)c(C(=O)N[C@H]3CCOc4ccccc43)cnc12. The summed E-state index contributed by atoms with van der Waals surface area (Å²) in [5.74, 6) is 0.590. The molecule has 7 nitrogen and oxygen atoms in total. The predicted molar refractivity (Wildman–Crippen MR) is 121 cm³/mol. The molecule has 7 heteroatoms. The summed E-state index contributed by atoms with van der Waals surface area (Å²) < 4.78 is 11.3. The molecule has 3 heterocycles. The molecule has 1 amide bonds. The van der Waals surface area contributed by atoms with E-state index in [1.165, 1.54) is 0 Å². The minimum atomic E-state index is -0.223. The van der Waals surface area contributed by atoms with E-state index in [9.17, 15) is 4.79 Å². The number of ether oxygens (including phenoxy) is 2. The van der Waals surface area contributed by atoms with Gasteiger partial charge in [-0.1, -0.05) is 30.3 Å². The lowest BCUT2D eigenvalue weighted by Crippen LogP contribution is -2.43. The van der Waals surface area contributed by atoms with Gasteiger partial charge in [0.1, 0.15) is 5.75 Å². The number of carbonyl (C=O) groups excluding carboxylic acids is 1. The number of amides is 1. The van der Waals surface area contributed by atoms with Crippen LogP contribution in [0.25, 0.3) is 10.9 Å². The van der Waals surface area contributed by atoms with Crippen LogP contribution in [0.1, 0.15) is 35.3 Å². The third-order valence-electron chi connectivity index (χ3n) is 6.10. The average Bonchev–Trinajstić information content (AvgIpc) is 2.80. The average molecular weight is 418 g/mol. The number of para-hydroxylation sites is 2. The number of nitrogens with one attached hydrogen (secondary N) is 1. The topological polar surface area (TPSA) is 89.7 Å². The number of hydrogen-bond donors (Lipinski definition) is 2. The molecule has 1 fully saturated rings. The second-order valence-corrected chi connectivity index (χ2v) is 8.08. The molecule has 0 saturated carbocycles. The molecule has 2 aliphatic rings. The van der Waals surface area contributed by atoms with Crippen LogP contribution in [-0.2, 0) is 4.74 Å². The first-order valence-corrected chi connectivity index (χ1v) is 10.7. The molecule has 3 aromatic rings. The second-order valence-electron chi connectivity index (χ2n) is 8.08. The van der Waals surface area contributed by atoms with Crippen LogP contribution in [0.2, 0.25) is 0 Å². The van der Waals surface area contributed by atoms with Crippen LogP contribution in [0.15, 0.2) is 48.7 Å². The molecule has 1 saturated heterocycles. The molecule has 0 spiro atoms. The molecular formula is C24H26N4O3. The lowest BCUT2D eigenvalue weighted by atomic mass is 10.00. The van der Waals surface area contributed by atoms with Crippen LogP contribution >= 0.6 is 0 Å². The number of hydrogen-bond acceptors (Lipinski definition) is 6. The van der Waals surface area contributed by atoms with Crippen LogP contribution in [0.5, 0.6) is 5.75 Å². The molecule has 0 aliphatic carbocycles. The number of fused-ring (bicyclic) bond motifs is 2. The lowest BCUT2D eigenvalue weighted by Gasteiger charge is -2.35. The Bertz CT molecular complexity index is 1130.